The lowest BCUT2D eigenvalue weighted by atomic mass is 9.33. The number of carboxylic acid groups (broad SMARTS) is 1. The summed E-state index contributed by atoms with van der Waals surface area (Å²) < 4.78 is 0. The Balaban J connectivity index is 1.62. The van der Waals surface area contributed by atoms with E-state index in [-0.39, 0.29) is 27.6 Å². The third-order valence-electron chi connectivity index (χ3n) is 13.4. The number of aliphatic hydroxyl groups is 2. The minimum atomic E-state index is -0.679. The number of hydrogen-bond donors (Lipinski definition) is 3. The Kier molecular flexibility index (Phi) is 5.36. The highest BCUT2D eigenvalue weighted by Gasteiger charge is 2.70. The minimum absolute atomic E-state index is 0.00993. The molecule has 0 amide bonds. The molecular weight excluding hydrogens is 424 g/mol. The largest absolute Gasteiger partial charge is 0.481 e. The summed E-state index contributed by atoms with van der Waals surface area (Å²) >= 11 is 0. The zero-order valence-electron chi connectivity index (χ0n) is 22.5. The molecule has 0 heterocycles. The van der Waals surface area contributed by atoms with Crippen LogP contribution in [-0.4, -0.2) is 33.5 Å². The zero-order chi connectivity index (χ0) is 25.1. The Morgan fingerprint density at radius 3 is 2.26 bits per heavy atom. The van der Waals surface area contributed by atoms with Crippen molar-refractivity contribution in [1.82, 2.24) is 0 Å². The van der Waals surface area contributed by atoms with Crippen LogP contribution in [0.5, 0.6) is 0 Å². The highest BCUT2D eigenvalue weighted by Crippen LogP contribution is 2.75. The van der Waals surface area contributed by atoms with Crippen molar-refractivity contribution in [3.05, 3.63) is 11.6 Å². The normalized spacial score (nSPS) is 56.3. The summed E-state index contributed by atoms with van der Waals surface area (Å²) in [6, 6.07) is 0. The zero-order valence-corrected chi connectivity index (χ0v) is 22.5. The molecule has 0 aliphatic heterocycles. The second-order valence-electron chi connectivity index (χ2n) is 14.6. The van der Waals surface area contributed by atoms with Crippen molar-refractivity contribution in [2.24, 2.45) is 56.7 Å². The van der Waals surface area contributed by atoms with Crippen LogP contribution in [0.15, 0.2) is 11.6 Å². The predicted molar refractivity (Wildman–Crippen MR) is 134 cm³/mol. The van der Waals surface area contributed by atoms with Crippen molar-refractivity contribution in [1.29, 1.82) is 0 Å². The molecule has 0 aromatic carbocycles. The SMILES string of the molecule is C[C@H]1[C@H]2C3=CC[C@@H]4[C@@]5(C)C[C@@H](O)[C@H](O)C(C)(C)[C@@H]5CC[C@@]4(C)[C@]3(C)CC[C@@]2(C(=O)O)CC[C@@H]1C. The van der Waals surface area contributed by atoms with Crippen LogP contribution in [0.4, 0.5) is 0 Å². The van der Waals surface area contributed by atoms with Crippen molar-refractivity contribution in [3.8, 4) is 0 Å². The van der Waals surface area contributed by atoms with E-state index in [1.54, 1.807) is 0 Å². The summed E-state index contributed by atoms with van der Waals surface area (Å²) in [5.74, 6) is 1.30. The lowest BCUT2D eigenvalue weighted by molar-refractivity contribution is -0.232. The van der Waals surface area contributed by atoms with E-state index in [9.17, 15) is 20.1 Å². The van der Waals surface area contributed by atoms with Crippen LogP contribution in [0.3, 0.4) is 0 Å². The van der Waals surface area contributed by atoms with Crippen molar-refractivity contribution in [2.45, 2.75) is 112 Å². The molecule has 0 bridgehead atoms. The van der Waals surface area contributed by atoms with Crippen LogP contribution in [0.2, 0.25) is 0 Å². The Bertz CT molecular complexity index is 907. The molecule has 11 atom stereocenters. The minimum Gasteiger partial charge on any atom is -0.481 e. The molecule has 0 spiro atoms. The average molecular weight is 473 g/mol. The smallest absolute Gasteiger partial charge is 0.310 e. The van der Waals surface area contributed by atoms with Gasteiger partial charge in [0.1, 0.15) is 0 Å². The van der Waals surface area contributed by atoms with E-state index in [1.807, 2.05) is 0 Å². The van der Waals surface area contributed by atoms with Gasteiger partial charge < -0.3 is 15.3 Å². The monoisotopic (exact) mass is 472 g/mol. The van der Waals surface area contributed by atoms with Gasteiger partial charge in [-0.25, -0.2) is 0 Å². The molecule has 0 radical (unpaired) electrons. The molecule has 4 heteroatoms. The number of aliphatic hydroxyl groups excluding tert-OH is 2. The summed E-state index contributed by atoms with van der Waals surface area (Å²) in [6.07, 6.45) is 8.53. The molecule has 0 unspecified atom stereocenters. The van der Waals surface area contributed by atoms with Crippen molar-refractivity contribution >= 4 is 5.97 Å². The maximum atomic E-state index is 12.8. The molecule has 5 aliphatic rings. The van der Waals surface area contributed by atoms with Gasteiger partial charge in [-0.1, -0.05) is 60.1 Å². The van der Waals surface area contributed by atoms with Crippen LogP contribution >= 0.6 is 0 Å². The molecule has 4 nitrogen and oxygen atoms in total. The summed E-state index contributed by atoms with van der Waals surface area (Å²) in [4.78, 5) is 12.8. The second kappa shape index (κ2) is 7.34. The summed E-state index contributed by atoms with van der Waals surface area (Å²) in [7, 11) is 0. The van der Waals surface area contributed by atoms with E-state index >= 15 is 0 Å². The highest BCUT2D eigenvalue weighted by atomic mass is 16.4. The number of carboxylic acids is 1. The lowest BCUT2D eigenvalue weighted by Crippen LogP contribution is -2.67. The van der Waals surface area contributed by atoms with Crippen LogP contribution < -0.4 is 0 Å². The molecular formula is C30H48O4. The molecule has 34 heavy (non-hydrogen) atoms. The second-order valence-corrected chi connectivity index (χ2v) is 14.6. The van der Waals surface area contributed by atoms with Gasteiger partial charge in [0.05, 0.1) is 17.6 Å². The Labute approximate surface area is 206 Å². The summed E-state index contributed by atoms with van der Waals surface area (Å²) in [6.45, 7) is 16.3. The van der Waals surface area contributed by atoms with Gasteiger partial charge in [-0.15, -0.1) is 0 Å². The van der Waals surface area contributed by atoms with Crippen LogP contribution in [0.25, 0.3) is 0 Å². The molecule has 3 N–H and O–H groups in total. The van der Waals surface area contributed by atoms with Gasteiger partial charge in [0.25, 0.3) is 0 Å². The standard InChI is InChI=1S/C30H48O4/c1-17-10-13-30(25(33)34)15-14-28(6)19(23(30)18(17)2)8-9-22-27(5)16-20(31)24(32)26(3,4)21(27)11-12-29(22,28)7/h8,17-18,20-24,31-32H,9-16H2,1-7H3,(H,33,34)/t17-,18+,20+,21-,22+,23-,24-,27-,28+,29+,30-/m0/s1. The molecule has 5 aliphatic carbocycles. The van der Waals surface area contributed by atoms with E-state index in [0.717, 1.165) is 44.9 Å². The van der Waals surface area contributed by atoms with E-state index < -0.39 is 23.6 Å². The van der Waals surface area contributed by atoms with Gasteiger partial charge in [-0.2, -0.15) is 0 Å². The first-order valence-corrected chi connectivity index (χ1v) is 14.0. The van der Waals surface area contributed by atoms with Gasteiger partial charge >= 0.3 is 5.97 Å². The predicted octanol–water partition coefficient (Wildman–Crippen LogP) is 6.06. The first-order valence-electron chi connectivity index (χ1n) is 14.0. The summed E-state index contributed by atoms with van der Waals surface area (Å²) in [5.41, 5.74) is 0.574. The quantitative estimate of drug-likeness (QED) is 0.405. The topological polar surface area (TPSA) is 77.8 Å². The number of hydrogen-bond acceptors (Lipinski definition) is 3. The van der Waals surface area contributed by atoms with Crippen LogP contribution in [0.1, 0.15) is 99.8 Å². The van der Waals surface area contributed by atoms with E-state index in [2.05, 4.69) is 54.5 Å². The first-order chi connectivity index (χ1) is 15.7. The van der Waals surface area contributed by atoms with Crippen LogP contribution in [0, 0.1) is 56.7 Å². The maximum Gasteiger partial charge on any atom is 0.310 e. The van der Waals surface area contributed by atoms with Gasteiger partial charge in [-0.3, -0.25) is 4.79 Å². The lowest BCUT2D eigenvalue weighted by Gasteiger charge is -2.71. The van der Waals surface area contributed by atoms with Crippen molar-refractivity contribution in [3.63, 3.8) is 0 Å². The number of aliphatic carboxylic acids is 1. The van der Waals surface area contributed by atoms with E-state index in [1.165, 1.54) is 5.57 Å². The maximum absolute atomic E-state index is 12.8. The third-order valence-corrected chi connectivity index (χ3v) is 13.4. The fraction of sp³-hybridized carbons (Fsp3) is 0.900. The molecule has 4 saturated carbocycles. The van der Waals surface area contributed by atoms with Crippen molar-refractivity contribution < 1.29 is 20.1 Å². The number of allylic oxidation sites excluding steroid dienone is 2. The van der Waals surface area contributed by atoms with E-state index in [0.29, 0.717) is 30.1 Å². The number of carbonyl (C=O) groups is 1. The highest BCUT2D eigenvalue weighted by molar-refractivity contribution is 5.76. The Hall–Kier alpha value is -0.870. The van der Waals surface area contributed by atoms with Crippen LogP contribution in [-0.2, 0) is 4.79 Å². The van der Waals surface area contributed by atoms with Gasteiger partial charge in [-0.05, 0) is 103 Å². The Morgan fingerprint density at radius 1 is 0.941 bits per heavy atom. The molecule has 0 saturated heterocycles. The van der Waals surface area contributed by atoms with Crippen molar-refractivity contribution in [2.75, 3.05) is 0 Å². The molecule has 4 fully saturated rings. The fourth-order valence-electron chi connectivity index (χ4n) is 11.0. The number of rotatable bonds is 1. The molecule has 192 valence electrons. The average Bonchev–Trinajstić information content (AvgIpc) is 2.75. The molecule has 0 aromatic rings. The Morgan fingerprint density at radius 2 is 1.62 bits per heavy atom. The molecule has 5 rings (SSSR count). The van der Waals surface area contributed by atoms with Gasteiger partial charge in [0, 0.05) is 0 Å². The fourth-order valence-corrected chi connectivity index (χ4v) is 11.0. The number of fused-ring (bicyclic) bond motifs is 7. The van der Waals surface area contributed by atoms with Gasteiger partial charge in [0.2, 0.25) is 0 Å². The van der Waals surface area contributed by atoms with Gasteiger partial charge in [0.15, 0.2) is 0 Å². The van der Waals surface area contributed by atoms with E-state index in [4.69, 9.17) is 0 Å². The first kappa shape index (κ1) is 24.8. The summed E-state index contributed by atoms with van der Waals surface area (Å²) in [5, 5.41) is 32.4. The third kappa shape index (κ3) is 2.76. The molecule has 0 aromatic heterocycles.